The SMILES string of the molecule is C=CC.CCOCCOC(C)=O. The van der Waals surface area contributed by atoms with Gasteiger partial charge in [-0.1, -0.05) is 6.08 Å². The standard InChI is InChI=1S/C6H12O3.C3H6/c1-3-8-4-5-9-6(2)7;1-3-2/h3-5H2,1-2H3;3H,1H2,2H3. The maximum Gasteiger partial charge on any atom is 0.302 e. The average Bonchev–Trinajstić information content (AvgIpc) is 1.99. The first-order valence-corrected chi connectivity index (χ1v) is 3.97. The van der Waals surface area contributed by atoms with Crippen LogP contribution in [0.3, 0.4) is 0 Å². The van der Waals surface area contributed by atoms with Gasteiger partial charge >= 0.3 is 5.97 Å². The van der Waals surface area contributed by atoms with Gasteiger partial charge in [0.25, 0.3) is 0 Å². The van der Waals surface area contributed by atoms with Gasteiger partial charge in [0.2, 0.25) is 0 Å². The average molecular weight is 174 g/mol. The molecule has 3 heteroatoms. The third-order valence-corrected chi connectivity index (χ3v) is 0.737. The predicted octanol–water partition coefficient (Wildman–Crippen LogP) is 1.78. The molecule has 0 aromatic carbocycles. The Balaban J connectivity index is 0. The van der Waals surface area contributed by atoms with E-state index in [0.29, 0.717) is 19.8 Å². The molecule has 3 nitrogen and oxygen atoms in total. The molecule has 72 valence electrons. The Labute approximate surface area is 74.4 Å². The smallest absolute Gasteiger partial charge is 0.302 e. The molecule has 0 bridgehead atoms. The third kappa shape index (κ3) is 22.9. The molecule has 0 spiro atoms. The van der Waals surface area contributed by atoms with Gasteiger partial charge in [0.1, 0.15) is 6.61 Å². The summed E-state index contributed by atoms with van der Waals surface area (Å²) in [5.41, 5.74) is 0. The highest BCUT2D eigenvalue weighted by Crippen LogP contribution is 1.77. The van der Waals surface area contributed by atoms with Crippen LogP contribution >= 0.6 is 0 Å². The lowest BCUT2D eigenvalue weighted by molar-refractivity contribution is -0.142. The molecule has 0 unspecified atom stereocenters. The van der Waals surface area contributed by atoms with Crippen LogP contribution in [0.25, 0.3) is 0 Å². The molecular weight excluding hydrogens is 156 g/mol. The van der Waals surface area contributed by atoms with Crippen molar-refractivity contribution in [2.75, 3.05) is 19.8 Å². The van der Waals surface area contributed by atoms with Gasteiger partial charge in [-0.2, -0.15) is 0 Å². The van der Waals surface area contributed by atoms with Gasteiger partial charge in [0.05, 0.1) is 6.61 Å². The van der Waals surface area contributed by atoms with Crippen LogP contribution in [0.5, 0.6) is 0 Å². The molecule has 0 aliphatic carbocycles. The zero-order valence-corrected chi connectivity index (χ0v) is 8.13. The molecule has 0 radical (unpaired) electrons. The lowest BCUT2D eigenvalue weighted by Crippen LogP contribution is -2.06. The monoisotopic (exact) mass is 174 g/mol. The molecule has 0 saturated heterocycles. The Morgan fingerprint density at radius 3 is 2.33 bits per heavy atom. The van der Waals surface area contributed by atoms with Crippen molar-refractivity contribution >= 4 is 5.97 Å². The Morgan fingerprint density at radius 1 is 1.50 bits per heavy atom. The molecule has 0 aromatic rings. The van der Waals surface area contributed by atoms with Crippen molar-refractivity contribution in [3.8, 4) is 0 Å². The van der Waals surface area contributed by atoms with Gasteiger partial charge in [-0.25, -0.2) is 0 Å². The Kier molecular flexibility index (Phi) is 14.7. The van der Waals surface area contributed by atoms with E-state index in [9.17, 15) is 4.79 Å². The van der Waals surface area contributed by atoms with E-state index in [2.05, 4.69) is 11.3 Å². The molecule has 0 rings (SSSR count). The minimum absolute atomic E-state index is 0.255. The normalized spacial score (nSPS) is 7.92. The van der Waals surface area contributed by atoms with Crippen LogP contribution in [-0.2, 0) is 14.3 Å². The second kappa shape index (κ2) is 12.8. The number of rotatable bonds is 4. The lowest BCUT2D eigenvalue weighted by Gasteiger charge is -1.99. The fourth-order valence-electron chi connectivity index (χ4n) is 0.389. The van der Waals surface area contributed by atoms with Crippen molar-refractivity contribution in [1.29, 1.82) is 0 Å². The van der Waals surface area contributed by atoms with Crippen molar-refractivity contribution in [3.63, 3.8) is 0 Å². The molecule has 0 aliphatic rings. The van der Waals surface area contributed by atoms with Crippen LogP contribution in [-0.4, -0.2) is 25.8 Å². The van der Waals surface area contributed by atoms with Crippen LogP contribution < -0.4 is 0 Å². The van der Waals surface area contributed by atoms with Crippen LogP contribution in [0.4, 0.5) is 0 Å². The number of allylic oxidation sites excluding steroid dienone is 1. The number of hydrogen-bond donors (Lipinski definition) is 0. The van der Waals surface area contributed by atoms with Crippen molar-refractivity contribution in [1.82, 2.24) is 0 Å². The summed E-state index contributed by atoms with van der Waals surface area (Å²) in [6.07, 6.45) is 1.75. The summed E-state index contributed by atoms with van der Waals surface area (Å²) in [4.78, 5) is 10.1. The van der Waals surface area contributed by atoms with Crippen molar-refractivity contribution in [2.45, 2.75) is 20.8 Å². The van der Waals surface area contributed by atoms with E-state index in [4.69, 9.17) is 4.74 Å². The molecule has 0 fully saturated rings. The molecule has 12 heavy (non-hydrogen) atoms. The summed E-state index contributed by atoms with van der Waals surface area (Å²) < 4.78 is 9.49. The van der Waals surface area contributed by atoms with Gasteiger partial charge in [0.15, 0.2) is 0 Å². The van der Waals surface area contributed by atoms with Crippen molar-refractivity contribution in [3.05, 3.63) is 12.7 Å². The Morgan fingerprint density at radius 2 is 2.00 bits per heavy atom. The first-order valence-electron chi connectivity index (χ1n) is 3.97. The number of hydrogen-bond acceptors (Lipinski definition) is 3. The largest absolute Gasteiger partial charge is 0.463 e. The van der Waals surface area contributed by atoms with Gasteiger partial charge in [-0.3, -0.25) is 4.79 Å². The van der Waals surface area contributed by atoms with E-state index < -0.39 is 0 Å². The van der Waals surface area contributed by atoms with Crippen LogP contribution in [0.1, 0.15) is 20.8 Å². The third-order valence-electron chi connectivity index (χ3n) is 0.737. The summed E-state index contributed by atoms with van der Waals surface area (Å²) in [7, 11) is 0. The summed E-state index contributed by atoms with van der Waals surface area (Å²) in [5, 5.41) is 0. The van der Waals surface area contributed by atoms with Crippen molar-refractivity contribution < 1.29 is 14.3 Å². The zero-order valence-electron chi connectivity index (χ0n) is 8.13. The maximum absolute atomic E-state index is 10.1. The van der Waals surface area contributed by atoms with E-state index in [0.717, 1.165) is 0 Å². The maximum atomic E-state index is 10.1. The molecule has 0 heterocycles. The summed E-state index contributed by atoms with van der Waals surface area (Å²) in [5.74, 6) is -0.255. The van der Waals surface area contributed by atoms with Gasteiger partial charge in [-0.15, -0.1) is 6.58 Å². The molecule has 0 aromatic heterocycles. The van der Waals surface area contributed by atoms with E-state index in [1.54, 1.807) is 6.08 Å². The highest BCUT2D eigenvalue weighted by Gasteiger charge is 1.89. The van der Waals surface area contributed by atoms with Gasteiger partial charge < -0.3 is 9.47 Å². The van der Waals surface area contributed by atoms with Crippen LogP contribution in [0.2, 0.25) is 0 Å². The second-order valence-electron chi connectivity index (χ2n) is 1.95. The minimum atomic E-state index is -0.255. The lowest BCUT2D eigenvalue weighted by atomic mass is 10.7. The first kappa shape index (κ1) is 13.7. The summed E-state index contributed by atoms with van der Waals surface area (Å²) in [6.45, 7) is 10.1. The molecular formula is C9H18O3. The molecule has 0 amide bonds. The van der Waals surface area contributed by atoms with Gasteiger partial charge in [0, 0.05) is 13.5 Å². The van der Waals surface area contributed by atoms with E-state index in [-0.39, 0.29) is 5.97 Å². The number of esters is 1. The second-order valence-corrected chi connectivity index (χ2v) is 1.95. The molecule has 0 saturated carbocycles. The minimum Gasteiger partial charge on any atom is -0.463 e. The predicted molar refractivity (Wildman–Crippen MR) is 49.0 cm³/mol. The molecule has 0 N–H and O–H groups in total. The first-order chi connectivity index (χ1) is 5.68. The fourth-order valence-corrected chi connectivity index (χ4v) is 0.389. The Hall–Kier alpha value is -0.830. The highest BCUT2D eigenvalue weighted by molar-refractivity contribution is 5.65. The van der Waals surface area contributed by atoms with E-state index in [1.807, 2.05) is 13.8 Å². The quantitative estimate of drug-likeness (QED) is 0.370. The topological polar surface area (TPSA) is 35.5 Å². The van der Waals surface area contributed by atoms with Crippen molar-refractivity contribution in [2.24, 2.45) is 0 Å². The summed E-state index contributed by atoms with van der Waals surface area (Å²) >= 11 is 0. The summed E-state index contributed by atoms with van der Waals surface area (Å²) in [6, 6.07) is 0. The van der Waals surface area contributed by atoms with E-state index >= 15 is 0 Å². The fraction of sp³-hybridized carbons (Fsp3) is 0.667. The van der Waals surface area contributed by atoms with Crippen LogP contribution in [0, 0.1) is 0 Å². The number of carbonyl (C=O) groups is 1. The molecule has 0 atom stereocenters. The van der Waals surface area contributed by atoms with Gasteiger partial charge in [-0.05, 0) is 13.8 Å². The Bertz CT molecular complexity index is 110. The van der Waals surface area contributed by atoms with E-state index in [1.165, 1.54) is 6.92 Å². The number of carbonyl (C=O) groups excluding carboxylic acids is 1. The van der Waals surface area contributed by atoms with Crippen LogP contribution in [0.15, 0.2) is 12.7 Å². The molecule has 0 aliphatic heterocycles. The highest BCUT2D eigenvalue weighted by atomic mass is 16.6. The number of ether oxygens (including phenoxy) is 2. The zero-order chi connectivity index (χ0) is 9.82.